The highest BCUT2D eigenvalue weighted by Gasteiger charge is 2.30. The Morgan fingerprint density at radius 1 is 1.56 bits per heavy atom. The summed E-state index contributed by atoms with van der Waals surface area (Å²) in [6.07, 6.45) is 3.10. The van der Waals surface area contributed by atoms with Gasteiger partial charge in [-0.1, -0.05) is 13.8 Å². The Kier molecular flexibility index (Phi) is 4.44. The van der Waals surface area contributed by atoms with Gasteiger partial charge in [0.25, 0.3) is 0 Å². The first kappa shape index (κ1) is 13.1. The number of aliphatic hydroxyl groups excluding tert-OH is 1. The molecule has 92 valence electrons. The first-order valence-electron chi connectivity index (χ1n) is 5.67. The van der Waals surface area contributed by atoms with E-state index in [1.54, 1.807) is 4.68 Å². The SMILES string of the molecule is CC(C)CC(CN)(CO)Cc1ncnn1C. The van der Waals surface area contributed by atoms with Gasteiger partial charge >= 0.3 is 0 Å². The molecule has 0 aliphatic heterocycles. The van der Waals surface area contributed by atoms with Crippen molar-refractivity contribution in [1.29, 1.82) is 0 Å². The van der Waals surface area contributed by atoms with Gasteiger partial charge < -0.3 is 10.8 Å². The topological polar surface area (TPSA) is 77.0 Å². The minimum atomic E-state index is -0.269. The molecule has 0 spiro atoms. The standard InChI is InChI=1S/C11H22N4O/c1-9(2)4-11(6-12,7-16)5-10-13-8-14-15(10)3/h8-9,16H,4-7,12H2,1-3H3. The predicted molar refractivity (Wildman–Crippen MR) is 62.7 cm³/mol. The molecule has 0 bridgehead atoms. The van der Waals surface area contributed by atoms with E-state index in [0.29, 0.717) is 18.9 Å². The molecular weight excluding hydrogens is 204 g/mol. The molecule has 1 unspecified atom stereocenters. The Morgan fingerprint density at radius 3 is 2.62 bits per heavy atom. The quantitative estimate of drug-likeness (QED) is 0.733. The van der Waals surface area contributed by atoms with Gasteiger partial charge in [0.15, 0.2) is 0 Å². The highest BCUT2D eigenvalue weighted by Crippen LogP contribution is 2.28. The number of hydrogen-bond donors (Lipinski definition) is 2. The van der Waals surface area contributed by atoms with Gasteiger partial charge in [0.1, 0.15) is 12.2 Å². The van der Waals surface area contributed by atoms with Crippen molar-refractivity contribution in [3.63, 3.8) is 0 Å². The minimum Gasteiger partial charge on any atom is -0.396 e. The average molecular weight is 226 g/mol. The third kappa shape index (κ3) is 3.02. The van der Waals surface area contributed by atoms with E-state index in [1.807, 2.05) is 7.05 Å². The summed E-state index contributed by atoms with van der Waals surface area (Å²) in [4.78, 5) is 4.19. The van der Waals surface area contributed by atoms with Gasteiger partial charge in [-0.25, -0.2) is 4.98 Å². The smallest absolute Gasteiger partial charge is 0.138 e. The maximum atomic E-state index is 9.58. The van der Waals surface area contributed by atoms with Crippen LogP contribution in [-0.2, 0) is 13.5 Å². The van der Waals surface area contributed by atoms with Crippen molar-refractivity contribution in [3.05, 3.63) is 12.2 Å². The Labute approximate surface area is 96.7 Å². The molecule has 1 aromatic rings. The van der Waals surface area contributed by atoms with E-state index in [0.717, 1.165) is 12.2 Å². The average Bonchev–Trinajstić information content (AvgIpc) is 2.62. The second kappa shape index (κ2) is 5.41. The zero-order valence-corrected chi connectivity index (χ0v) is 10.3. The Balaban J connectivity index is 2.82. The second-order valence-corrected chi connectivity index (χ2v) is 4.94. The van der Waals surface area contributed by atoms with Gasteiger partial charge in [-0.15, -0.1) is 0 Å². The highest BCUT2D eigenvalue weighted by atomic mass is 16.3. The molecule has 0 amide bonds. The van der Waals surface area contributed by atoms with E-state index in [4.69, 9.17) is 5.73 Å². The van der Waals surface area contributed by atoms with Gasteiger partial charge in [0, 0.05) is 25.4 Å². The molecule has 1 rings (SSSR count). The lowest BCUT2D eigenvalue weighted by atomic mass is 9.78. The summed E-state index contributed by atoms with van der Waals surface area (Å²) in [7, 11) is 1.86. The van der Waals surface area contributed by atoms with Crippen LogP contribution in [0.4, 0.5) is 0 Å². The number of aromatic nitrogens is 3. The number of aryl methyl sites for hydroxylation is 1. The van der Waals surface area contributed by atoms with Crippen molar-refractivity contribution in [1.82, 2.24) is 14.8 Å². The van der Waals surface area contributed by atoms with Gasteiger partial charge in [-0.2, -0.15) is 5.10 Å². The molecule has 1 heterocycles. The lowest BCUT2D eigenvalue weighted by Crippen LogP contribution is -2.38. The maximum absolute atomic E-state index is 9.58. The van der Waals surface area contributed by atoms with E-state index >= 15 is 0 Å². The van der Waals surface area contributed by atoms with Crippen LogP contribution in [0.5, 0.6) is 0 Å². The van der Waals surface area contributed by atoms with Crippen LogP contribution in [0.15, 0.2) is 6.33 Å². The molecule has 3 N–H and O–H groups in total. The molecule has 5 nitrogen and oxygen atoms in total. The Bertz CT molecular complexity index is 318. The van der Waals surface area contributed by atoms with Gasteiger partial charge in [-0.05, 0) is 12.3 Å². The monoisotopic (exact) mass is 226 g/mol. The summed E-state index contributed by atoms with van der Waals surface area (Å²) in [5, 5.41) is 13.6. The number of nitrogens with zero attached hydrogens (tertiary/aromatic N) is 3. The third-order valence-corrected chi connectivity index (χ3v) is 2.95. The molecule has 0 aliphatic rings. The molecule has 0 radical (unpaired) electrons. The van der Waals surface area contributed by atoms with Crippen LogP contribution in [0, 0.1) is 11.3 Å². The van der Waals surface area contributed by atoms with Crippen LogP contribution in [-0.4, -0.2) is 33.0 Å². The largest absolute Gasteiger partial charge is 0.396 e. The normalized spacial score (nSPS) is 15.4. The minimum absolute atomic E-state index is 0.0918. The van der Waals surface area contributed by atoms with Gasteiger partial charge in [-0.3, -0.25) is 4.68 Å². The van der Waals surface area contributed by atoms with Crippen molar-refractivity contribution in [2.75, 3.05) is 13.2 Å². The summed E-state index contributed by atoms with van der Waals surface area (Å²) in [5.74, 6) is 1.38. The number of hydrogen-bond acceptors (Lipinski definition) is 4. The molecule has 0 saturated heterocycles. The summed E-state index contributed by atoms with van der Waals surface area (Å²) in [6, 6.07) is 0. The van der Waals surface area contributed by atoms with Crippen molar-refractivity contribution in [2.45, 2.75) is 26.7 Å². The Hall–Kier alpha value is -0.940. The molecule has 0 saturated carbocycles. The van der Waals surface area contributed by atoms with E-state index < -0.39 is 0 Å². The van der Waals surface area contributed by atoms with Crippen molar-refractivity contribution in [2.24, 2.45) is 24.1 Å². The van der Waals surface area contributed by atoms with Gasteiger partial charge in [0.05, 0.1) is 6.61 Å². The zero-order valence-electron chi connectivity index (χ0n) is 10.3. The molecule has 0 aromatic carbocycles. The van der Waals surface area contributed by atoms with E-state index in [9.17, 15) is 5.11 Å². The summed E-state index contributed by atoms with van der Waals surface area (Å²) in [6.45, 7) is 4.83. The van der Waals surface area contributed by atoms with Crippen molar-refractivity contribution < 1.29 is 5.11 Å². The summed E-state index contributed by atoms with van der Waals surface area (Å²) >= 11 is 0. The molecule has 0 aliphatic carbocycles. The third-order valence-electron chi connectivity index (χ3n) is 2.95. The summed E-state index contributed by atoms with van der Waals surface area (Å²) in [5.41, 5.74) is 5.55. The first-order valence-corrected chi connectivity index (χ1v) is 5.67. The maximum Gasteiger partial charge on any atom is 0.138 e. The Morgan fingerprint density at radius 2 is 2.25 bits per heavy atom. The zero-order chi connectivity index (χ0) is 12.2. The number of rotatable bonds is 6. The molecule has 0 fully saturated rings. The molecule has 16 heavy (non-hydrogen) atoms. The van der Waals surface area contributed by atoms with Crippen LogP contribution in [0.25, 0.3) is 0 Å². The van der Waals surface area contributed by atoms with E-state index in [1.165, 1.54) is 6.33 Å². The highest BCUT2D eigenvalue weighted by molar-refractivity contribution is 4.94. The predicted octanol–water partition coefficient (Wildman–Crippen LogP) is 0.341. The van der Waals surface area contributed by atoms with Gasteiger partial charge in [0.2, 0.25) is 0 Å². The first-order chi connectivity index (χ1) is 7.53. The van der Waals surface area contributed by atoms with Crippen LogP contribution < -0.4 is 5.73 Å². The molecule has 1 aromatic heterocycles. The van der Waals surface area contributed by atoms with E-state index in [-0.39, 0.29) is 12.0 Å². The second-order valence-electron chi connectivity index (χ2n) is 4.94. The summed E-state index contributed by atoms with van der Waals surface area (Å²) < 4.78 is 1.74. The van der Waals surface area contributed by atoms with Crippen LogP contribution >= 0.6 is 0 Å². The fourth-order valence-electron chi connectivity index (χ4n) is 2.09. The lowest BCUT2D eigenvalue weighted by molar-refractivity contribution is 0.105. The fraction of sp³-hybridized carbons (Fsp3) is 0.818. The van der Waals surface area contributed by atoms with Crippen molar-refractivity contribution >= 4 is 0 Å². The van der Waals surface area contributed by atoms with Crippen LogP contribution in [0.3, 0.4) is 0 Å². The molecule has 5 heteroatoms. The lowest BCUT2D eigenvalue weighted by Gasteiger charge is -2.31. The van der Waals surface area contributed by atoms with Crippen molar-refractivity contribution in [3.8, 4) is 0 Å². The number of nitrogens with two attached hydrogens (primary N) is 1. The molecule has 1 atom stereocenters. The fourth-order valence-corrected chi connectivity index (χ4v) is 2.09. The molecular formula is C11H22N4O. The van der Waals surface area contributed by atoms with Crippen LogP contribution in [0.1, 0.15) is 26.1 Å². The van der Waals surface area contributed by atoms with Crippen LogP contribution in [0.2, 0.25) is 0 Å². The number of aliphatic hydroxyl groups is 1. The van der Waals surface area contributed by atoms with E-state index in [2.05, 4.69) is 23.9 Å².